The molecular formula is C45H59N5O4S4. The second kappa shape index (κ2) is 19.8. The number of anilines is 4. The van der Waals surface area contributed by atoms with E-state index in [2.05, 4.69) is 81.2 Å². The minimum Gasteiger partial charge on any atom is -0.612 e. The van der Waals surface area contributed by atoms with Crippen LogP contribution in [0.5, 0.6) is 0 Å². The summed E-state index contributed by atoms with van der Waals surface area (Å²) in [6.45, 7) is 6.57. The van der Waals surface area contributed by atoms with Crippen LogP contribution in [-0.2, 0) is 21.2 Å². The van der Waals surface area contributed by atoms with E-state index in [1.165, 1.54) is 69.0 Å². The summed E-state index contributed by atoms with van der Waals surface area (Å²) in [4.78, 5) is 15.9. The largest absolute Gasteiger partial charge is 0.612 e. The number of para-hydroxylation sites is 2. The average molecular weight is 862 g/mol. The molecule has 0 aliphatic carbocycles. The molecule has 0 amide bonds. The van der Waals surface area contributed by atoms with Crippen molar-refractivity contribution >= 4 is 67.5 Å². The van der Waals surface area contributed by atoms with Crippen LogP contribution in [0, 0.1) is 5.92 Å². The molecule has 4 aliphatic rings. The molecule has 8 rings (SSSR count). The van der Waals surface area contributed by atoms with Crippen molar-refractivity contribution < 1.29 is 18.1 Å². The van der Waals surface area contributed by atoms with Crippen molar-refractivity contribution in [2.45, 2.75) is 86.8 Å². The lowest BCUT2D eigenvalue weighted by Crippen LogP contribution is -2.38. The molecule has 0 aromatic heterocycles. The minimum atomic E-state index is -3.49. The number of aliphatic hydroxyl groups excluding tert-OH is 1. The van der Waals surface area contributed by atoms with E-state index in [4.69, 9.17) is 5.11 Å². The summed E-state index contributed by atoms with van der Waals surface area (Å²) in [5.74, 6) is 0.659. The normalized spacial score (nSPS) is 19.1. The smallest absolute Gasteiger partial charge is 0.242 e. The number of fused-ring (bicyclic) bond motifs is 4. The Bertz CT molecular complexity index is 2110. The zero-order chi connectivity index (χ0) is 40.8. The molecule has 4 heterocycles. The van der Waals surface area contributed by atoms with Crippen LogP contribution in [0.25, 0.3) is 0 Å². The van der Waals surface area contributed by atoms with Crippen molar-refractivity contribution in [2.24, 2.45) is 5.92 Å². The molecule has 0 bridgehead atoms. The molecule has 0 spiro atoms. The van der Waals surface area contributed by atoms with E-state index in [1.807, 2.05) is 36.0 Å². The van der Waals surface area contributed by atoms with Crippen molar-refractivity contribution in [1.29, 1.82) is 0 Å². The molecule has 2 unspecified atom stereocenters. The van der Waals surface area contributed by atoms with Gasteiger partial charge in [-0.1, -0.05) is 54.2 Å². The van der Waals surface area contributed by atoms with Crippen LogP contribution in [0.1, 0.15) is 51.4 Å². The lowest BCUT2D eigenvalue weighted by atomic mass is 9.94. The van der Waals surface area contributed by atoms with E-state index < -0.39 is 21.2 Å². The van der Waals surface area contributed by atoms with Gasteiger partial charge >= 0.3 is 0 Å². The Labute approximate surface area is 358 Å². The fourth-order valence-corrected chi connectivity index (χ4v) is 12.2. The standard InChI is InChI=1S/C24H33N3O3S2.C21H26N2OS2/c1-25(2)32(29,30)20-8-9-24-22(18-20)27(21-6-3-4-7-23(21)31-24)14-5-13-26-15-10-19(11-16-26)12-17-28;1-22-13-6-5-7-16(22)12-14-23-18-8-3-4-9-20(18)25-21-11-10-17(26(2)24)15-19(21)23/h3-4,6-9,18-19,28H,5,10-17H2,1-2H3;3-4,8-11,15-16H,5-7,12-14H2,1-2H3. The van der Waals surface area contributed by atoms with E-state index in [1.54, 1.807) is 38.2 Å². The maximum atomic E-state index is 12.7. The number of sulfonamides is 1. The highest BCUT2D eigenvalue weighted by molar-refractivity contribution is 8.00. The molecule has 2 saturated heterocycles. The quantitative estimate of drug-likeness (QED) is 0.139. The fraction of sp³-hybridized carbons (Fsp3) is 0.467. The van der Waals surface area contributed by atoms with E-state index in [0.29, 0.717) is 23.5 Å². The zero-order valence-electron chi connectivity index (χ0n) is 34.4. The molecule has 312 valence electrons. The molecule has 4 aliphatic heterocycles. The third kappa shape index (κ3) is 10.1. The summed E-state index contributed by atoms with van der Waals surface area (Å²) in [7, 11) is 1.91. The summed E-state index contributed by atoms with van der Waals surface area (Å²) in [6, 6.07) is 29.4. The molecule has 9 nitrogen and oxygen atoms in total. The molecule has 2 fully saturated rings. The monoisotopic (exact) mass is 861 g/mol. The third-order valence-electron chi connectivity index (χ3n) is 12.0. The Hall–Kier alpha value is -2.72. The number of likely N-dealkylation sites (tertiary alicyclic amines) is 2. The van der Waals surface area contributed by atoms with E-state index in [-0.39, 0.29) is 0 Å². The van der Waals surface area contributed by atoms with Crippen LogP contribution >= 0.6 is 23.5 Å². The molecule has 0 radical (unpaired) electrons. The first-order chi connectivity index (χ1) is 28.0. The van der Waals surface area contributed by atoms with Crippen LogP contribution < -0.4 is 9.80 Å². The van der Waals surface area contributed by atoms with Crippen LogP contribution in [0.4, 0.5) is 22.7 Å². The van der Waals surface area contributed by atoms with Crippen molar-refractivity contribution in [3.63, 3.8) is 0 Å². The van der Waals surface area contributed by atoms with Crippen LogP contribution in [0.3, 0.4) is 0 Å². The number of aliphatic hydroxyl groups is 1. The number of hydrogen-bond acceptors (Lipinski definition) is 10. The molecule has 13 heteroatoms. The fourth-order valence-electron chi connectivity index (χ4n) is 8.57. The summed E-state index contributed by atoms with van der Waals surface area (Å²) < 4.78 is 38.8. The first-order valence-electron chi connectivity index (χ1n) is 20.7. The Kier molecular flexibility index (Phi) is 14.8. The predicted octanol–water partition coefficient (Wildman–Crippen LogP) is 8.93. The lowest BCUT2D eigenvalue weighted by molar-refractivity contribution is 0.158. The van der Waals surface area contributed by atoms with Crippen LogP contribution in [0.2, 0.25) is 0 Å². The van der Waals surface area contributed by atoms with Gasteiger partial charge in [0.05, 0.1) is 27.6 Å². The van der Waals surface area contributed by atoms with E-state index in [9.17, 15) is 13.0 Å². The molecule has 0 saturated carbocycles. The highest BCUT2D eigenvalue weighted by Crippen LogP contribution is 2.50. The molecule has 4 aromatic carbocycles. The molecule has 1 N–H and O–H groups in total. The number of piperidine rings is 2. The van der Waals surface area contributed by atoms with Gasteiger partial charge < -0.3 is 29.3 Å². The number of hydrogen-bond donors (Lipinski definition) is 1. The second-order valence-electron chi connectivity index (χ2n) is 16.0. The maximum Gasteiger partial charge on any atom is 0.242 e. The first kappa shape index (κ1) is 43.4. The van der Waals surface area contributed by atoms with Crippen molar-refractivity contribution in [2.75, 3.05) is 83.1 Å². The van der Waals surface area contributed by atoms with Gasteiger partial charge in [0.1, 0.15) is 6.26 Å². The Morgan fingerprint density at radius 2 is 1.34 bits per heavy atom. The summed E-state index contributed by atoms with van der Waals surface area (Å²) in [5.41, 5.74) is 4.60. The Morgan fingerprint density at radius 1 is 0.741 bits per heavy atom. The van der Waals surface area contributed by atoms with E-state index in [0.717, 1.165) is 73.2 Å². The van der Waals surface area contributed by atoms with Gasteiger partial charge in [-0.15, -0.1) is 0 Å². The first-order valence-corrected chi connectivity index (χ1v) is 25.3. The Morgan fingerprint density at radius 3 is 1.97 bits per heavy atom. The topological polar surface area (TPSA) is 93.6 Å². The minimum absolute atomic E-state index is 0.294. The van der Waals surface area contributed by atoms with E-state index >= 15 is 0 Å². The van der Waals surface area contributed by atoms with Gasteiger partial charge in [0.2, 0.25) is 10.0 Å². The van der Waals surface area contributed by atoms with Gasteiger partial charge in [0.15, 0.2) is 4.90 Å². The second-order valence-corrected chi connectivity index (χ2v) is 21.7. The maximum absolute atomic E-state index is 12.7. The van der Waals surface area contributed by atoms with Gasteiger partial charge in [-0.3, -0.25) is 0 Å². The van der Waals surface area contributed by atoms with Gasteiger partial charge in [-0.2, -0.15) is 0 Å². The highest BCUT2D eigenvalue weighted by atomic mass is 32.2. The van der Waals surface area contributed by atoms with Crippen LogP contribution in [0.15, 0.2) is 114 Å². The highest BCUT2D eigenvalue weighted by Gasteiger charge is 2.29. The SMILES string of the molecule is CN(C)S(=O)(=O)c1ccc2c(c1)N(CCCN1CCC(CCO)CC1)c1ccccc1S2.CN1CCCCC1CCN1c2ccccc2Sc2ccc([S+](C)[O-])cc21. The third-order valence-corrected chi connectivity index (χ3v) is 17.0. The average Bonchev–Trinajstić information content (AvgIpc) is 3.23. The van der Waals surface area contributed by atoms with Gasteiger partial charge in [-0.25, -0.2) is 12.7 Å². The summed E-state index contributed by atoms with van der Waals surface area (Å²) in [5, 5.41) is 9.17. The number of nitrogens with zero attached hydrogens (tertiary/aromatic N) is 5. The Balaban J connectivity index is 0.000000180. The summed E-state index contributed by atoms with van der Waals surface area (Å²) >= 11 is 2.56. The van der Waals surface area contributed by atoms with Gasteiger partial charge in [0, 0.05) is 65.5 Å². The predicted molar refractivity (Wildman–Crippen MR) is 242 cm³/mol. The van der Waals surface area contributed by atoms with Gasteiger partial charge in [0.25, 0.3) is 0 Å². The molecule has 4 aromatic rings. The number of rotatable bonds is 12. The number of benzene rings is 4. The van der Waals surface area contributed by atoms with Crippen LogP contribution in [-0.4, -0.2) is 111 Å². The lowest BCUT2D eigenvalue weighted by Gasteiger charge is -2.37. The molecule has 58 heavy (non-hydrogen) atoms. The van der Waals surface area contributed by atoms with Crippen molar-refractivity contribution in [3.05, 3.63) is 84.9 Å². The zero-order valence-corrected chi connectivity index (χ0v) is 37.7. The summed E-state index contributed by atoms with van der Waals surface area (Å²) in [6.07, 6.45) is 11.1. The van der Waals surface area contributed by atoms with Gasteiger partial charge in [-0.05, 0) is 150 Å². The molecular weight excluding hydrogens is 803 g/mol. The van der Waals surface area contributed by atoms with Crippen molar-refractivity contribution in [3.8, 4) is 0 Å². The molecule has 2 atom stereocenters. The van der Waals surface area contributed by atoms with Crippen molar-refractivity contribution in [1.82, 2.24) is 14.1 Å².